The highest BCUT2D eigenvalue weighted by Crippen LogP contribution is 2.18. The number of nitrogens with two attached hydrogens (primary N) is 1. The van der Waals surface area contributed by atoms with Crippen LogP contribution in [0.2, 0.25) is 0 Å². The van der Waals surface area contributed by atoms with Gasteiger partial charge >= 0.3 is 0 Å². The molecule has 0 aliphatic rings. The number of benzene rings is 1. The van der Waals surface area contributed by atoms with Crippen molar-refractivity contribution >= 4 is 5.91 Å². The number of primary amides is 1. The predicted molar refractivity (Wildman–Crippen MR) is 57.8 cm³/mol. The normalized spacial score (nSPS) is 12.9. The van der Waals surface area contributed by atoms with E-state index in [9.17, 15) is 4.79 Å². The number of hydrogen-bond donors (Lipinski definition) is 1. The average molecular weight is 189 g/mol. The predicted octanol–water partition coefficient (Wildman–Crippen LogP) is 2.22. The summed E-state index contributed by atoms with van der Waals surface area (Å²) in [6, 6.07) is 10.2. The molecule has 0 aliphatic heterocycles. The molecule has 1 rings (SSSR count). The number of carbonyl (C=O) groups excluding carboxylic acids is 1. The van der Waals surface area contributed by atoms with Crippen molar-refractivity contribution in [2.75, 3.05) is 0 Å². The number of rotatable bonds is 4. The van der Waals surface area contributed by atoms with E-state index in [2.05, 4.69) is 19.1 Å². The number of carbonyl (C=O) groups is 1. The molecule has 0 spiro atoms. The maximum atomic E-state index is 10.5. The third-order valence-electron chi connectivity index (χ3n) is 2.14. The smallest absolute Gasteiger partial charge is 0.241 e. The fourth-order valence-corrected chi connectivity index (χ4v) is 1.31. The number of allylic oxidation sites excluding steroid dienone is 1. The summed E-state index contributed by atoms with van der Waals surface area (Å²) < 4.78 is 0. The number of amides is 1. The van der Waals surface area contributed by atoms with Crippen molar-refractivity contribution < 1.29 is 4.79 Å². The minimum Gasteiger partial charge on any atom is -0.366 e. The second-order valence-corrected chi connectivity index (χ2v) is 3.35. The van der Waals surface area contributed by atoms with Gasteiger partial charge in [0.25, 0.3) is 0 Å². The van der Waals surface area contributed by atoms with Crippen molar-refractivity contribution in [2.24, 2.45) is 5.73 Å². The van der Waals surface area contributed by atoms with Gasteiger partial charge in [-0.1, -0.05) is 43.3 Å². The first-order chi connectivity index (χ1) is 6.70. The van der Waals surface area contributed by atoms with Gasteiger partial charge in [0, 0.05) is 0 Å². The Balaban J connectivity index is 2.51. The molecule has 0 bridgehead atoms. The van der Waals surface area contributed by atoms with Gasteiger partial charge < -0.3 is 5.73 Å². The van der Waals surface area contributed by atoms with E-state index < -0.39 is 0 Å². The third-order valence-corrected chi connectivity index (χ3v) is 2.14. The maximum absolute atomic E-state index is 10.5. The first-order valence-corrected chi connectivity index (χ1v) is 4.71. The van der Waals surface area contributed by atoms with E-state index in [1.54, 1.807) is 0 Å². The van der Waals surface area contributed by atoms with Crippen LogP contribution in [0.15, 0.2) is 42.5 Å². The Morgan fingerprint density at radius 1 is 1.43 bits per heavy atom. The van der Waals surface area contributed by atoms with E-state index in [0.29, 0.717) is 5.92 Å². The molecule has 0 radical (unpaired) electrons. The third kappa shape index (κ3) is 3.44. The lowest BCUT2D eigenvalue weighted by molar-refractivity contribution is -0.113. The van der Waals surface area contributed by atoms with Crippen molar-refractivity contribution in [3.05, 3.63) is 48.0 Å². The monoisotopic (exact) mass is 189 g/mol. The summed E-state index contributed by atoms with van der Waals surface area (Å²) in [5, 5.41) is 0. The van der Waals surface area contributed by atoms with Crippen molar-refractivity contribution in [2.45, 2.75) is 19.3 Å². The SMILES string of the molecule is CC(C/C=C/C(N)=O)c1ccccc1. The molecule has 1 aromatic carbocycles. The van der Waals surface area contributed by atoms with Crippen LogP contribution in [0, 0.1) is 0 Å². The van der Waals surface area contributed by atoms with E-state index in [1.807, 2.05) is 24.3 Å². The van der Waals surface area contributed by atoms with Gasteiger partial charge in [0.05, 0.1) is 0 Å². The zero-order chi connectivity index (χ0) is 10.4. The minimum absolute atomic E-state index is 0.384. The highest BCUT2D eigenvalue weighted by molar-refractivity contribution is 5.85. The molecule has 0 aliphatic carbocycles. The molecule has 0 saturated carbocycles. The van der Waals surface area contributed by atoms with Crippen molar-refractivity contribution in [1.29, 1.82) is 0 Å². The Morgan fingerprint density at radius 3 is 2.64 bits per heavy atom. The van der Waals surface area contributed by atoms with Crippen LogP contribution in [0.4, 0.5) is 0 Å². The molecule has 0 saturated heterocycles. The standard InChI is InChI=1S/C12H15NO/c1-10(6-5-9-12(13)14)11-7-3-2-4-8-11/h2-5,7-10H,6H2,1H3,(H2,13,14)/b9-5+. The van der Waals surface area contributed by atoms with Crippen LogP contribution < -0.4 is 5.73 Å². The lowest BCUT2D eigenvalue weighted by Crippen LogP contribution is -2.05. The van der Waals surface area contributed by atoms with E-state index in [-0.39, 0.29) is 5.91 Å². The van der Waals surface area contributed by atoms with Gasteiger partial charge in [-0.2, -0.15) is 0 Å². The Kier molecular flexibility index (Phi) is 3.92. The highest BCUT2D eigenvalue weighted by atomic mass is 16.1. The van der Waals surface area contributed by atoms with Crippen LogP contribution in [-0.2, 0) is 4.79 Å². The Bertz CT molecular complexity index is 316. The molecule has 0 heterocycles. The first-order valence-electron chi connectivity index (χ1n) is 4.71. The molecule has 0 aromatic heterocycles. The summed E-state index contributed by atoms with van der Waals surface area (Å²) in [7, 11) is 0. The second-order valence-electron chi connectivity index (χ2n) is 3.35. The van der Waals surface area contributed by atoms with Gasteiger partial charge in [-0.15, -0.1) is 0 Å². The quantitative estimate of drug-likeness (QED) is 0.725. The number of hydrogen-bond acceptors (Lipinski definition) is 1. The Morgan fingerprint density at radius 2 is 2.07 bits per heavy atom. The van der Waals surface area contributed by atoms with Crippen molar-refractivity contribution in [1.82, 2.24) is 0 Å². The van der Waals surface area contributed by atoms with E-state index in [4.69, 9.17) is 5.73 Å². The van der Waals surface area contributed by atoms with Gasteiger partial charge in [0.2, 0.25) is 5.91 Å². The van der Waals surface area contributed by atoms with Crippen molar-refractivity contribution in [3.8, 4) is 0 Å². The molecule has 1 unspecified atom stereocenters. The van der Waals surface area contributed by atoms with Gasteiger partial charge in [0.15, 0.2) is 0 Å². The molecule has 1 atom stereocenters. The van der Waals surface area contributed by atoms with E-state index >= 15 is 0 Å². The molecule has 0 fully saturated rings. The molecule has 74 valence electrons. The van der Waals surface area contributed by atoms with Crippen LogP contribution in [0.5, 0.6) is 0 Å². The van der Waals surface area contributed by atoms with Crippen molar-refractivity contribution in [3.63, 3.8) is 0 Å². The van der Waals surface area contributed by atoms with Gasteiger partial charge in [-0.3, -0.25) is 4.79 Å². The molecule has 2 nitrogen and oxygen atoms in total. The van der Waals surface area contributed by atoms with E-state index in [0.717, 1.165) is 6.42 Å². The largest absolute Gasteiger partial charge is 0.366 e. The second kappa shape index (κ2) is 5.22. The fourth-order valence-electron chi connectivity index (χ4n) is 1.31. The molecule has 1 amide bonds. The summed E-state index contributed by atoms with van der Waals surface area (Å²) in [5.74, 6) is 0.0389. The lowest BCUT2D eigenvalue weighted by atomic mass is 9.98. The molecule has 1 aromatic rings. The summed E-state index contributed by atoms with van der Waals surface area (Å²) in [5.41, 5.74) is 6.27. The maximum Gasteiger partial charge on any atom is 0.241 e. The Labute approximate surface area is 84.4 Å². The lowest BCUT2D eigenvalue weighted by Gasteiger charge is -2.07. The summed E-state index contributed by atoms with van der Waals surface area (Å²) in [6.07, 6.45) is 4.08. The van der Waals surface area contributed by atoms with Gasteiger partial charge in [-0.25, -0.2) is 0 Å². The molecule has 2 N–H and O–H groups in total. The van der Waals surface area contributed by atoms with Crippen LogP contribution in [-0.4, -0.2) is 5.91 Å². The zero-order valence-corrected chi connectivity index (χ0v) is 8.31. The molecular formula is C12H15NO. The van der Waals surface area contributed by atoms with Gasteiger partial charge in [0.1, 0.15) is 0 Å². The zero-order valence-electron chi connectivity index (χ0n) is 8.31. The van der Waals surface area contributed by atoms with Crippen LogP contribution in [0.25, 0.3) is 0 Å². The van der Waals surface area contributed by atoms with Crippen LogP contribution >= 0.6 is 0 Å². The highest BCUT2D eigenvalue weighted by Gasteiger charge is 2.01. The minimum atomic E-state index is -0.384. The fraction of sp³-hybridized carbons (Fsp3) is 0.250. The summed E-state index contributed by atoms with van der Waals surface area (Å²) in [6.45, 7) is 2.13. The van der Waals surface area contributed by atoms with Crippen LogP contribution in [0.3, 0.4) is 0 Å². The molecule has 2 heteroatoms. The molecular weight excluding hydrogens is 174 g/mol. The van der Waals surface area contributed by atoms with E-state index in [1.165, 1.54) is 11.6 Å². The molecule has 14 heavy (non-hydrogen) atoms. The topological polar surface area (TPSA) is 43.1 Å². The first kappa shape index (κ1) is 10.5. The van der Waals surface area contributed by atoms with Gasteiger partial charge in [-0.05, 0) is 24.0 Å². The Hall–Kier alpha value is -1.57. The van der Waals surface area contributed by atoms with Crippen LogP contribution in [0.1, 0.15) is 24.8 Å². The average Bonchev–Trinajstić information content (AvgIpc) is 2.18. The summed E-state index contributed by atoms with van der Waals surface area (Å²) >= 11 is 0. The summed E-state index contributed by atoms with van der Waals surface area (Å²) in [4.78, 5) is 10.5.